The number of likely N-dealkylation sites (tertiary alicyclic amines) is 1. The second kappa shape index (κ2) is 8.33. The predicted molar refractivity (Wildman–Crippen MR) is 126 cm³/mol. The molecule has 11 nitrogen and oxygen atoms in total. The lowest BCUT2D eigenvalue weighted by Crippen LogP contribution is -2.42. The molecule has 0 radical (unpaired) electrons. The van der Waals surface area contributed by atoms with Crippen LogP contribution in [0.4, 0.5) is 5.82 Å². The SMILES string of the molecule is Cc1ccc2nc(CCC(=O)N3C[C@H](O)C[C@](C)(O)[C@@H](n4cnc5c(N)ncnc54)C3)[nH]c2c1. The van der Waals surface area contributed by atoms with E-state index in [4.69, 9.17) is 5.73 Å². The number of nitrogens with one attached hydrogen (secondary N) is 1. The molecule has 1 aliphatic heterocycles. The number of nitrogen functional groups attached to an aromatic ring is 1. The molecule has 1 saturated heterocycles. The van der Waals surface area contributed by atoms with Crippen LogP contribution < -0.4 is 5.73 Å². The summed E-state index contributed by atoms with van der Waals surface area (Å²) in [4.78, 5) is 35.2. The molecule has 0 saturated carbocycles. The molecule has 11 heteroatoms. The Morgan fingerprint density at radius 3 is 2.94 bits per heavy atom. The van der Waals surface area contributed by atoms with Gasteiger partial charge in [0, 0.05) is 32.4 Å². The number of nitrogens with two attached hydrogens (primary N) is 1. The van der Waals surface area contributed by atoms with E-state index >= 15 is 0 Å². The van der Waals surface area contributed by atoms with Crippen LogP contribution in [0.15, 0.2) is 30.9 Å². The molecule has 4 aromatic rings. The average Bonchev–Trinajstić information content (AvgIpc) is 3.35. The topological polar surface area (TPSA) is 159 Å². The highest BCUT2D eigenvalue weighted by Gasteiger charge is 2.42. The highest BCUT2D eigenvalue weighted by Crippen LogP contribution is 2.34. The van der Waals surface area contributed by atoms with Crippen molar-refractivity contribution in [2.75, 3.05) is 18.8 Å². The molecule has 3 atom stereocenters. The van der Waals surface area contributed by atoms with E-state index in [0.29, 0.717) is 17.6 Å². The molecule has 0 spiro atoms. The number of nitrogens with zero attached hydrogens (tertiary/aromatic N) is 6. The van der Waals surface area contributed by atoms with Crippen LogP contribution in [-0.2, 0) is 11.2 Å². The van der Waals surface area contributed by atoms with Gasteiger partial charge in [-0.1, -0.05) is 6.07 Å². The van der Waals surface area contributed by atoms with Crippen LogP contribution in [0.3, 0.4) is 0 Å². The van der Waals surface area contributed by atoms with Crippen LogP contribution in [0, 0.1) is 6.92 Å². The standard InChI is InChI=1S/C23H28N8O3/c1-13-3-4-15-16(7-13)29-18(28-15)5-6-19(33)30-9-14(32)8-23(2,34)17(10-30)31-12-27-20-21(24)25-11-26-22(20)31/h3-4,7,11-12,14,17,32,34H,5-6,8-10H2,1-2H3,(H,28,29)(H2,24,25,26)/t14-,17+,23+/m1/s1. The number of amides is 1. The Kier molecular flexibility index (Phi) is 5.45. The minimum Gasteiger partial charge on any atom is -0.391 e. The maximum absolute atomic E-state index is 13.2. The zero-order valence-corrected chi connectivity index (χ0v) is 19.1. The monoisotopic (exact) mass is 464 g/mol. The second-order valence-corrected chi connectivity index (χ2v) is 9.32. The number of aliphatic hydroxyl groups excluding tert-OH is 1. The minimum absolute atomic E-state index is 0.102. The Labute approximate surface area is 195 Å². The van der Waals surface area contributed by atoms with Gasteiger partial charge in [0.25, 0.3) is 0 Å². The first-order valence-corrected chi connectivity index (χ1v) is 11.3. The summed E-state index contributed by atoms with van der Waals surface area (Å²) >= 11 is 0. The molecule has 1 aromatic carbocycles. The molecule has 34 heavy (non-hydrogen) atoms. The summed E-state index contributed by atoms with van der Waals surface area (Å²) in [7, 11) is 0. The van der Waals surface area contributed by atoms with Crippen molar-refractivity contribution in [1.82, 2.24) is 34.4 Å². The van der Waals surface area contributed by atoms with Crippen LogP contribution in [-0.4, -0.2) is 75.3 Å². The molecule has 178 valence electrons. The fraction of sp³-hybridized carbons (Fsp3) is 0.435. The number of carbonyl (C=O) groups excluding carboxylic acids is 1. The number of aromatic nitrogens is 6. The zero-order chi connectivity index (χ0) is 24.0. The van der Waals surface area contributed by atoms with E-state index in [0.717, 1.165) is 22.4 Å². The number of H-pyrrole nitrogens is 1. The molecule has 1 fully saturated rings. The van der Waals surface area contributed by atoms with Gasteiger partial charge in [0.1, 0.15) is 17.7 Å². The van der Waals surface area contributed by atoms with Crippen LogP contribution in [0.1, 0.15) is 37.2 Å². The van der Waals surface area contributed by atoms with Crippen molar-refractivity contribution < 1.29 is 15.0 Å². The van der Waals surface area contributed by atoms with E-state index in [2.05, 4.69) is 24.9 Å². The van der Waals surface area contributed by atoms with Gasteiger partial charge < -0.3 is 30.4 Å². The number of benzene rings is 1. The third-order valence-electron chi connectivity index (χ3n) is 6.53. The van der Waals surface area contributed by atoms with Gasteiger partial charge in [-0.3, -0.25) is 4.79 Å². The molecule has 0 aliphatic carbocycles. The second-order valence-electron chi connectivity index (χ2n) is 9.32. The fourth-order valence-electron chi connectivity index (χ4n) is 4.78. The van der Waals surface area contributed by atoms with Gasteiger partial charge in [-0.2, -0.15) is 0 Å². The summed E-state index contributed by atoms with van der Waals surface area (Å²) in [5.41, 5.74) is 8.46. The minimum atomic E-state index is -1.31. The number of hydrogen-bond acceptors (Lipinski definition) is 8. The van der Waals surface area contributed by atoms with Crippen molar-refractivity contribution in [3.05, 3.63) is 42.2 Å². The van der Waals surface area contributed by atoms with Gasteiger partial charge >= 0.3 is 0 Å². The van der Waals surface area contributed by atoms with Crippen molar-refractivity contribution in [1.29, 1.82) is 0 Å². The zero-order valence-electron chi connectivity index (χ0n) is 19.1. The Morgan fingerprint density at radius 2 is 2.12 bits per heavy atom. The Balaban J connectivity index is 1.38. The maximum atomic E-state index is 13.2. The summed E-state index contributed by atoms with van der Waals surface area (Å²) in [6.45, 7) is 4.00. The summed E-state index contributed by atoms with van der Waals surface area (Å²) in [6, 6.07) is 5.40. The first-order valence-electron chi connectivity index (χ1n) is 11.3. The smallest absolute Gasteiger partial charge is 0.223 e. The first-order chi connectivity index (χ1) is 16.2. The molecule has 0 bridgehead atoms. The van der Waals surface area contributed by atoms with E-state index < -0.39 is 17.7 Å². The molecule has 1 aliphatic rings. The van der Waals surface area contributed by atoms with Crippen molar-refractivity contribution in [3.8, 4) is 0 Å². The number of rotatable bonds is 4. The van der Waals surface area contributed by atoms with Crippen molar-refractivity contribution in [2.45, 2.75) is 50.9 Å². The van der Waals surface area contributed by atoms with Crippen molar-refractivity contribution in [3.63, 3.8) is 0 Å². The van der Waals surface area contributed by atoms with Gasteiger partial charge in [0.2, 0.25) is 5.91 Å². The largest absolute Gasteiger partial charge is 0.391 e. The van der Waals surface area contributed by atoms with Crippen LogP contribution in [0.5, 0.6) is 0 Å². The van der Waals surface area contributed by atoms with Crippen molar-refractivity contribution in [2.24, 2.45) is 0 Å². The molecule has 5 rings (SSSR count). The number of imidazole rings is 2. The molecule has 1 amide bonds. The number of fused-ring (bicyclic) bond motifs is 2. The number of aryl methyl sites for hydroxylation is 2. The lowest BCUT2D eigenvalue weighted by molar-refractivity contribution is -0.132. The third kappa shape index (κ3) is 4.08. The molecule has 4 heterocycles. The van der Waals surface area contributed by atoms with Crippen LogP contribution >= 0.6 is 0 Å². The number of β-amino-alcohol motifs (C(OH)–C–C–N with tert-alkyl or cyclic N) is 1. The third-order valence-corrected chi connectivity index (χ3v) is 6.53. The van der Waals surface area contributed by atoms with Gasteiger partial charge in [-0.15, -0.1) is 0 Å². The van der Waals surface area contributed by atoms with E-state index in [1.165, 1.54) is 6.33 Å². The average molecular weight is 465 g/mol. The Hall–Kier alpha value is -3.57. The van der Waals surface area contributed by atoms with E-state index in [1.807, 2.05) is 25.1 Å². The van der Waals surface area contributed by atoms with E-state index in [9.17, 15) is 15.0 Å². The molecule has 0 unspecified atom stereocenters. The number of aromatic amines is 1. The van der Waals surface area contributed by atoms with E-state index in [-0.39, 0.29) is 37.7 Å². The van der Waals surface area contributed by atoms with Gasteiger partial charge in [-0.05, 0) is 31.5 Å². The highest BCUT2D eigenvalue weighted by atomic mass is 16.3. The summed E-state index contributed by atoms with van der Waals surface area (Å²) in [5, 5.41) is 21.8. The van der Waals surface area contributed by atoms with Crippen LogP contribution in [0.25, 0.3) is 22.2 Å². The predicted octanol–water partition coefficient (Wildman–Crippen LogP) is 1.11. The molecule has 5 N–H and O–H groups in total. The Morgan fingerprint density at radius 1 is 1.29 bits per heavy atom. The number of anilines is 1. The van der Waals surface area contributed by atoms with Gasteiger partial charge in [0.05, 0.1) is 35.1 Å². The summed E-state index contributed by atoms with van der Waals surface area (Å²) in [5.74, 6) is 0.851. The summed E-state index contributed by atoms with van der Waals surface area (Å²) < 4.78 is 1.72. The van der Waals surface area contributed by atoms with Gasteiger partial charge in [0.15, 0.2) is 11.5 Å². The molecular formula is C23H28N8O3. The lowest BCUT2D eigenvalue weighted by atomic mass is 9.91. The first kappa shape index (κ1) is 22.2. The number of carbonyl (C=O) groups is 1. The normalized spacial score (nSPS) is 23.5. The number of hydrogen-bond donors (Lipinski definition) is 4. The number of aliphatic hydroxyl groups is 2. The van der Waals surface area contributed by atoms with Crippen molar-refractivity contribution >= 4 is 33.9 Å². The lowest BCUT2D eigenvalue weighted by Gasteiger charge is -2.34. The van der Waals surface area contributed by atoms with Crippen LogP contribution in [0.2, 0.25) is 0 Å². The summed E-state index contributed by atoms with van der Waals surface area (Å²) in [6.07, 6.45) is 2.79. The fourth-order valence-corrected chi connectivity index (χ4v) is 4.78. The Bertz CT molecular complexity index is 1360. The highest BCUT2D eigenvalue weighted by molar-refractivity contribution is 5.81. The molecule has 3 aromatic heterocycles. The maximum Gasteiger partial charge on any atom is 0.223 e. The quantitative estimate of drug-likeness (QED) is 0.349. The van der Waals surface area contributed by atoms with Gasteiger partial charge in [-0.25, -0.2) is 19.9 Å². The van der Waals surface area contributed by atoms with E-state index in [1.54, 1.807) is 22.7 Å². The molecular weight excluding hydrogens is 436 g/mol.